The molecule has 0 amide bonds. The zero-order valence-electron chi connectivity index (χ0n) is 12.9. The molecule has 0 spiro atoms. The maximum atomic E-state index is 12.3. The Bertz CT molecular complexity index is 774. The Morgan fingerprint density at radius 3 is 3.09 bits per heavy atom. The van der Waals surface area contributed by atoms with Gasteiger partial charge in [0.15, 0.2) is 0 Å². The number of hydrogen-bond donors (Lipinski definition) is 0. The van der Waals surface area contributed by atoms with Crippen LogP contribution >= 0.6 is 11.6 Å². The van der Waals surface area contributed by atoms with E-state index in [1.54, 1.807) is 24.4 Å². The summed E-state index contributed by atoms with van der Waals surface area (Å²) in [6.45, 7) is 2.38. The molecule has 2 aliphatic rings. The van der Waals surface area contributed by atoms with Gasteiger partial charge in [0.25, 0.3) is 5.56 Å². The van der Waals surface area contributed by atoms with Gasteiger partial charge in [-0.25, -0.2) is 4.98 Å². The minimum Gasteiger partial charge on any atom is -0.375 e. The lowest BCUT2D eigenvalue weighted by Crippen LogP contribution is -2.52. The van der Waals surface area contributed by atoms with Crippen LogP contribution in [-0.2, 0) is 11.3 Å². The van der Waals surface area contributed by atoms with Crippen LogP contribution in [-0.4, -0.2) is 39.6 Å². The Morgan fingerprint density at radius 1 is 1.30 bits per heavy atom. The van der Waals surface area contributed by atoms with Crippen molar-refractivity contribution < 1.29 is 4.74 Å². The molecule has 2 aromatic heterocycles. The molecule has 2 fully saturated rings. The first-order chi connectivity index (χ1) is 11.2. The highest BCUT2D eigenvalue weighted by Gasteiger charge is 2.34. The third kappa shape index (κ3) is 3.01. The maximum Gasteiger partial charge on any atom is 0.258 e. The summed E-state index contributed by atoms with van der Waals surface area (Å²) >= 11 is 5.95. The zero-order chi connectivity index (χ0) is 15.8. The molecule has 2 aromatic rings. The summed E-state index contributed by atoms with van der Waals surface area (Å²) in [6, 6.07) is 5.63. The van der Waals surface area contributed by atoms with Gasteiger partial charge >= 0.3 is 0 Å². The number of pyridine rings is 1. The van der Waals surface area contributed by atoms with E-state index in [1.807, 2.05) is 0 Å². The highest BCUT2D eigenvalue weighted by Crippen LogP contribution is 2.29. The van der Waals surface area contributed by atoms with Crippen LogP contribution in [0.2, 0.25) is 5.02 Å². The van der Waals surface area contributed by atoms with Crippen LogP contribution in [0.15, 0.2) is 29.2 Å². The lowest BCUT2D eigenvalue weighted by atomic mass is 9.90. The van der Waals surface area contributed by atoms with Crippen LogP contribution in [0.5, 0.6) is 0 Å². The SMILES string of the molecule is O=c1cc(CN2CCO[C@H]3CCCC[C@@H]32)nc2ccc(Cl)cn12. The molecule has 1 saturated carbocycles. The topological polar surface area (TPSA) is 46.8 Å². The molecule has 0 unspecified atom stereocenters. The molecule has 1 aliphatic carbocycles. The van der Waals surface area contributed by atoms with E-state index in [2.05, 4.69) is 9.88 Å². The van der Waals surface area contributed by atoms with Crippen molar-refractivity contribution >= 4 is 17.2 Å². The fourth-order valence-corrected chi connectivity index (χ4v) is 3.95. The van der Waals surface area contributed by atoms with Crippen LogP contribution in [0.4, 0.5) is 0 Å². The number of fused-ring (bicyclic) bond motifs is 2. The average Bonchev–Trinajstić information content (AvgIpc) is 2.56. The summed E-state index contributed by atoms with van der Waals surface area (Å²) in [5.41, 5.74) is 1.38. The van der Waals surface area contributed by atoms with E-state index < -0.39 is 0 Å². The minimum absolute atomic E-state index is 0.0825. The number of morpholine rings is 1. The standard InChI is InChI=1S/C17H20ClN3O2/c18-12-5-6-16-19-13(9-17(22)21(16)10-12)11-20-7-8-23-15-4-2-1-3-14(15)20/h5-6,9-10,14-15H,1-4,7-8,11H2/t14-,15-/m0/s1. The number of nitrogens with zero attached hydrogens (tertiary/aromatic N) is 3. The number of hydrogen-bond acceptors (Lipinski definition) is 4. The molecule has 4 rings (SSSR count). The van der Waals surface area contributed by atoms with E-state index in [0.717, 1.165) is 25.3 Å². The van der Waals surface area contributed by atoms with E-state index in [-0.39, 0.29) is 5.56 Å². The van der Waals surface area contributed by atoms with E-state index in [1.165, 1.54) is 23.7 Å². The van der Waals surface area contributed by atoms with Gasteiger partial charge in [0.1, 0.15) is 5.65 Å². The largest absolute Gasteiger partial charge is 0.375 e. The first kappa shape index (κ1) is 15.1. The molecular weight excluding hydrogens is 314 g/mol. The predicted molar refractivity (Wildman–Crippen MR) is 88.9 cm³/mol. The molecule has 6 heteroatoms. The Labute approximate surface area is 139 Å². The lowest BCUT2D eigenvalue weighted by Gasteiger charge is -2.43. The van der Waals surface area contributed by atoms with Gasteiger partial charge in [0, 0.05) is 31.4 Å². The fraction of sp³-hybridized carbons (Fsp3) is 0.529. The van der Waals surface area contributed by atoms with Gasteiger partial charge < -0.3 is 4.74 Å². The number of aromatic nitrogens is 2. The third-order valence-corrected chi connectivity index (χ3v) is 5.11. The van der Waals surface area contributed by atoms with E-state index >= 15 is 0 Å². The molecule has 0 bridgehead atoms. The summed E-state index contributed by atoms with van der Waals surface area (Å²) < 4.78 is 7.41. The van der Waals surface area contributed by atoms with Crippen molar-refractivity contribution in [1.29, 1.82) is 0 Å². The molecule has 0 radical (unpaired) electrons. The average molecular weight is 334 g/mol. The van der Waals surface area contributed by atoms with Crippen molar-refractivity contribution in [2.24, 2.45) is 0 Å². The Balaban J connectivity index is 1.62. The summed E-state index contributed by atoms with van der Waals surface area (Å²) in [6.07, 6.45) is 6.79. The minimum atomic E-state index is -0.0825. The second-order valence-corrected chi connectivity index (χ2v) is 6.83. The van der Waals surface area contributed by atoms with Gasteiger partial charge in [-0.3, -0.25) is 14.1 Å². The van der Waals surface area contributed by atoms with E-state index in [0.29, 0.717) is 29.4 Å². The van der Waals surface area contributed by atoms with Crippen molar-refractivity contribution in [2.75, 3.05) is 13.2 Å². The van der Waals surface area contributed by atoms with Gasteiger partial charge in [0.05, 0.1) is 23.4 Å². The monoisotopic (exact) mass is 333 g/mol. The predicted octanol–water partition coefficient (Wildman–Crippen LogP) is 2.49. The summed E-state index contributed by atoms with van der Waals surface area (Å²) in [4.78, 5) is 19.4. The Kier molecular flexibility index (Phi) is 4.09. The highest BCUT2D eigenvalue weighted by atomic mass is 35.5. The van der Waals surface area contributed by atoms with Crippen molar-refractivity contribution in [3.63, 3.8) is 0 Å². The third-order valence-electron chi connectivity index (χ3n) is 4.89. The van der Waals surface area contributed by atoms with Gasteiger partial charge in [-0.2, -0.15) is 0 Å². The highest BCUT2D eigenvalue weighted by molar-refractivity contribution is 6.30. The molecular formula is C17H20ClN3O2. The van der Waals surface area contributed by atoms with Crippen LogP contribution < -0.4 is 5.56 Å². The van der Waals surface area contributed by atoms with Crippen molar-refractivity contribution in [2.45, 2.75) is 44.4 Å². The number of ether oxygens (including phenoxy) is 1. The van der Waals surface area contributed by atoms with Crippen molar-refractivity contribution in [1.82, 2.24) is 14.3 Å². The first-order valence-electron chi connectivity index (χ1n) is 8.24. The maximum absolute atomic E-state index is 12.3. The molecule has 1 saturated heterocycles. The Morgan fingerprint density at radius 2 is 2.17 bits per heavy atom. The summed E-state index contributed by atoms with van der Waals surface area (Å²) in [7, 11) is 0. The van der Waals surface area contributed by atoms with Gasteiger partial charge in [-0.1, -0.05) is 24.4 Å². The molecule has 122 valence electrons. The van der Waals surface area contributed by atoms with Gasteiger partial charge in [-0.05, 0) is 25.0 Å². The van der Waals surface area contributed by atoms with Gasteiger partial charge in [-0.15, -0.1) is 0 Å². The molecule has 23 heavy (non-hydrogen) atoms. The van der Waals surface area contributed by atoms with Crippen LogP contribution in [0, 0.1) is 0 Å². The Hall–Kier alpha value is -1.43. The molecule has 0 aromatic carbocycles. The number of rotatable bonds is 2. The second-order valence-electron chi connectivity index (χ2n) is 6.39. The molecule has 3 heterocycles. The first-order valence-corrected chi connectivity index (χ1v) is 8.62. The molecule has 1 aliphatic heterocycles. The van der Waals surface area contributed by atoms with E-state index in [9.17, 15) is 4.79 Å². The summed E-state index contributed by atoms with van der Waals surface area (Å²) in [5, 5.41) is 0.535. The molecule has 5 nitrogen and oxygen atoms in total. The lowest BCUT2D eigenvalue weighted by molar-refractivity contribution is -0.0914. The quantitative estimate of drug-likeness (QED) is 0.847. The normalized spacial score (nSPS) is 25.4. The summed E-state index contributed by atoms with van der Waals surface area (Å²) in [5.74, 6) is 0. The van der Waals surface area contributed by atoms with Crippen LogP contribution in [0.25, 0.3) is 5.65 Å². The van der Waals surface area contributed by atoms with Crippen LogP contribution in [0.3, 0.4) is 0 Å². The van der Waals surface area contributed by atoms with Crippen molar-refractivity contribution in [3.8, 4) is 0 Å². The molecule has 0 N–H and O–H groups in total. The van der Waals surface area contributed by atoms with Crippen LogP contribution in [0.1, 0.15) is 31.4 Å². The van der Waals surface area contributed by atoms with Crippen molar-refractivity contribution in [3.05, 3.63) is 45.5 Å². The fourth-order valence-electron chi connectivity index (χ4n) is 3.79. The second kappa shape index (κ2) is 6.23. The molecule has 2 atom stereocenters. The smallest absolute Gasteiger partial charge is 0.258 e. The number of halogens is 1. The zero-order valence-corrected chi connectivity index (χ0v) is 13.7. The van der Waals surface area contributed by atoms with Gasteiger partial charge in [0.2, 0.25) is 0 Å². The van der Waals surface area contributed by atoms with E-state index in [4.69, 9.17) is 16.3 Å².